The fourth-order valence-corrected chi connectivity index (χ4v) is 0.385. The molecule has 2 heteroatoms. The van der Waals surface area contributed by atoms with Gasteiger partial charge in [0.1, 0.15) is 0 Å². The Balaban J connectivity index is 0.000000202. The number of hydrogen-bond donors (Lipinski definition) is 1. The first-order valence-electron chi connectivity index (χ1n) is 3.53. The first kappa shape index (κ1) is 10.4. The number of aliphatic carboxylic acids is 1. The summed E-state index contributed by atoms with van der Waals surface area (Å²) in [6, 6.07) is 12.0. The van der Waals surface area contributed by atoms with Crippen molar-refractivity contribution in [2.75, 3.05) is 0 Å². The molecule has 0 aliphatic heterocycles. The second kappa shape index (κ2) is 6.16. The Kier molecular flexibility index (Phi) is 5.35. The molecule has 0 aliphatic carbocycles. The normalized spacial score (nSPS) is 7.75. The van der Waals surface area contributed by atoms with Gasteiger partial charge in [-0.25, -0.2) is 4.79 Å². The van der Waals surface area contributed by atoms with E-state index >= 15 is 0 Å². The van der Waals surface area contributed by atoms with Crippen LogP contribution in [0.4, 0.5) is 0 Å². The van der Waals surface area contributed by atoms with E-state index in [4.69, 9.17) is 5.11 Å². The highest BCUT2D eigenvalue weighted by Crippen LogP contribution is 1.81. The lowest BCUT2D eigenvalue weighted by molar-refractivity contribution is -0.132. The van der Waals surface area contributed by atoms with Gasteiger partial charge in [0.05, 0.1) is 0 Å². The van der Waals surface area contributed by atoms with E-state index in [0.717, 1.165) is 0 Å². The molecule has 0 aliphatic rings. The number of benzene rings is 1. The van der Waals surface area contributed by atoms with Crippen molar-refractivity contribution in [2.45, 2.75) is 6.92 Å². The summed E-state index contributed by atoms with van der Waals surface area (Å²) in [5.41, 5.74) is 0.176. The molecule has 12 heavy (non-hydrogen) atoms. The predicted octanol–water partition coefficient (Wildman–Crippen LogP) is 2.33. The van der Waals surface area contributed by atoms with Crippen LogP contribution in [0.5, 0.6) is 0 Å². The van der Waals surface area contributed by atoms with Gasteiger partial charge in [-0.2, -0.15) is 0 Å². The van der Waals surface area contributed by atoms with Gasteiger partial charge in [0.15, 0.2) is 0 Å². The third-order valence-electron chi connectivity index (χ3n) is 1.03. The second-order valence-electron chi connectivity index (χ2n) is 2.24. The molecule has 1 N–H and O–H groups in total. The summed E-state index contributed by atoms with van der Waals surface area (Å²) in [5, 5.41) is 7.89. The topological polar surface area (TPSA) is 37.3 Å². The smallest absolute Gasteiger partial charge is 0.330 e. The monoisotopic (exact) mass is 164 g/mol. The van der Waals surface area contributed by atoms with E-state index in [9.17, 15) is 4.79 Å². The molecule has 0 saturated heterocycles. The van der Waals surface area contributed by atoms with Gasteiger partial charge in [-0.15, -0.1) is 0 Å². The summed E-state index contributed by atoms with van der Waals surface area (Å²) in [7, 11) is 0. The summed E-state index contributed by atoms with van der Waals surface area (Å²) >= 11 is 0. The van der Waals surface area contributed by atoms with Gasteiger partial charge in [0.25, 0.3) is 0 Å². The maximum absolute atomic E-state index is 9.60. The zero-order valence-electron chi connectivity index (χ0n) is 7.03. The quantitative estimate of drug-likeness (QED) is 0.647. The van der Waals surface area contributed by atoms with Crippen LogP contribution >= 0.6 is 0 Å². The van der Waals surface area contributed by atoms with Crippen LogP contribution in [0.3, 0.4) is 0 Å². The average molecular weight is 164 g/mol. The molecule has 0 saturated carbocycles. The fraction of sp³-hybridized carbons (Fsp3) is 0.100. The van der Waals surface area contributed by atoms with Gasteiger partial charge in [-0.05, 0) is 6.92 Å². The van der Waals surface area contributed by atoms with Crippen molar-refractivity contribution in [3.8, 4) is 0 Å². The van der Waals surface area contributed by atoms with Gasteiger partial charge in [-0.3, -0.25) is 0 Å². The molecule has 0 aromatic heterocycles. The number of hydrogen-bond acceptors (Lipinski definition) is 1. The molecule has 1 aromatic carbocycles. The van der Waals surface area contributed by atoms with Crippen molar-refractivity contribution in [3.05, 3.63) is 48.6 Å². The molecular formula is C10H12O2. The Morgan fingerprint density at radius 1 is 1.08 bits per heavy atom. The molecule has 2 nitrogen and oxygen atoms in total. The molecule has 0 fully saturated rings. The number of rotatable bonds is 1. The van der Waals surface area contributed by atoms with Crippen LogP contribution in [0.2, 0.25) is 0 Å². The third-order valence-corrected chi connectivity index (χ3v) is 1.03. The van der Waals surface area contributed by atoms with Crippen LogP contribution in [-0.2, 0) is 4.79 Å². The number of carboxylic acids is 1. The lowest BCUT2D eigenvalue weighted by Gasteiger charge is -1.79. The Labute approximate surface area is 72.2 Å². The summed E-state index contributed by atoms with van der Waals surface area (Å²) in [6.45, 7) is 4.60. The van der Waals surface area contributed by atoms with Gasteiger partial charge in [0, 0.05) is 5.57 Å². The highest BCUT2D eigenvalue weighted by atomic mass is 16.4. The molecule has 0 radical (unpaired) electrons. The van der Waals surface area contributed by atoms with Crippen LogP contribution in [0, 0.1) is 0 Å². The Morgan fingerprint density at radius 3 is 1.33 bits per heavy atom. The van der Waals surface area contributed by atoms with E-state index in [0.29, 0.717) is 0 Å². The highest BCUT2D eigenvalue weighted by molar-refractivity contribution is 5.84. The van der Waals surface area contributed by atoms with E-state index in [1.54, 1.807) is 0 Å². The number of carbonyl (C=O) groups is 1. The Bertz CT molecular complexity index is 201. The number of carboxylic acid groups (broad SMARTS) is 1. The Hall–Kier alpha value is -1.57. The second-order valence-corrected chi connectivity index (χ2v) is 2.24. The van der Waals surface area contributed by atoms with E-state index in [2.05, 4.69) is 6.58 Å². The van der Waals surface area contributed by atoms with E-state index in [1.807, 2.05) is 36.4 Å². The van der Waals surface area contributed by atoms with Crippen LogP contribution in [0.25, 0.3) is 0 Å². The van der Waals surface area contributed by atoms with Crippen LogP contribution in [0.1, 0.15) is 6.92 Å². The largest absolute Gasteiger partial charge is 0.478 e. The van der Waals surface area contributed by atoms with Crippen molar-refractivity contribution in [2.24, 2.45) is 0 Å². The molecule has 0 bridgehead atoms. The standard InChI is InChI=1S/C6H6.C4H6O2/c1-2-4-6-5-3-1;1-3(2)4(5)6/h1-6H;1H2,2H3,(H,5,6). The molecule has 0 amide bonds. The van der Waals surface area contributed by atoms with Crippen LogP contribution < -0.4 is 0 Å². The summed E-state index contributed by atoms with van der Waals surface area (Å²) < 4.78 is 0. The summed E-state index contributed by atoms with van der Waals surface area (Å²) in [6.07, 6.45) is 0. The summed E-state index contributed by atoms with van der Waals surface area (Å²) in [5.74, 6) is -0.935. The zero-order chi connectivity index (χ0) is 9.40. The molecular weight excluding hydrogens is 152 g/mol. The summed E-state index contributed by atoms with van der Waals surface area (Å²) in [4.78, 5) is 9.60. The van der Waals surface area contributed by atoms with Gasteiger partial charge >= 0.3 is 5.97 Å². The van der Waals surface area contributed by atoms with Crippen LogP contribution in [-0.4, -0.2) is 11.1 Å². The van der Waals surface area contributed by atoms with Gasteiger partial charge in [0.2, 0.25) is 0 Å². The van der Waals surface area contributed by atoms with Crippen molar-refractivity contribution < 1.29 is 9.90 Å². The van der Waals surface area contributed by atoms with Gasteiger partial charge < -0.3 is 5.11 Å². The molecule has 64 valence electrons. The van der Waals surface area contributed by atoms with Crippen molar-refractivity contribution in [1.82, 2.24) is 0 Å². The molecule has 0 heterocycles. The van der Waals surface area contributed by atoms with Crippen molar-refractivity contribution in [1.29, 1.82) is 0 Å². The highest BCUT2D eigenvalue weighted by Gasteiger charge is 1.90. The molecule has 1 rings (SSSR count). The first-order valence-corrected chi connectivity index (χ1v) is 3.53. The molecule has 0 atom stereocenters. The van der Waals surface area contributed by atoms with E-state index in [-0.39, 0.29) is 5.57 Å². The lowest BCUT2D eigenvalue weighted by atomic mass is 10.4. The molecule has 1 aromatic rings. The molecule has 0 unspecified atom stereocenters. The maximum Gasteiger partial charge on any atom is 0.330 e. The third kappa shape index (κ3) is 6.55. The SMILES string of the molecule is C=C(C)C(=O)O.c1ccccc1. The van der Waals surface area contributed by atoms with E-state index in [1.165, 1.54) is 6.92 Å². The van der Waals surface area contributed by atoms with Crippen molar-refractivity contribution in [3.63, 3.8) is 0 Å². The van der Waals surface area contributed by atoms with E-state index < -0.39 is 5.97 Å². The minimum Gasteiger partial charge on any atom is -0.478 e. The maximum atomic E-state index is 9.60. The molecule has 0 spiro atoms. The predicted molar refractivity (Wildman–Crippen MR) is 48.9 cm³/mol. The minimum atomic E-state index is -0.935. The van der Waals surface area contributed by atoms with Crippen molar-refractivity contribution >= 4 is 5.97 Å². The van der Waals surface area contributed by atoms with Gasteiger partial charge in [-0.1, -0.05) is 43.0 Å². The van der Waals surface area contributed by atoms with Crippen LogP contribution in [0.15, 0.2) is 48.6 Å². The lowest BCUT2D eigenvalue weighted by Crippen LogP contribution is -1.92. The minimum absolute atomic E-state index is 0.176. The Morgan fingerprint density at radius 2 is 1.25 bits per heavy atom. The fourth-order valence-electron chi connectivity index (χ4n) is 0.385. The first-order chi connectivity index (χ1) is 5.64. The average Bonchev–Trinajstić information content (AvgIpc) is 2.08. The zero-order valence-corrected chi connectivity index (χ0v) is 7.03.